The van der Waals surface area contributed by atoms with Crippen LogP contribution in [0.2, 0.25) is 0 Å². The molecule has 0 spiro atoms. The lowest BCUT2D eigenvalue weighted by atomic mass is 10.1. The summed E-state index contributed by atoms with van der Waals surface area (Å²) in [6, 6.07) is 17.2. The average molecular weight is 226 g/mol. The van der Waals surface area contributed by atoms with E-state index < -0.39 is 0 Å². The van der Waals surface area contributed by atoms with Crippen LogP contribution in [0, 0.1) is 0 Å². The van der Waals surface area contributed by atoms with Crippen molar-refractivity contribution in [3.8, 4) is 5.75 Å². The molecule has 2 rings (SSSR count). The van der Waals surface area contributed by atoms with Gasteiger partial charge in [-0.1, -0.05) is 42.5 Å². The van der Waals surface area contributed by atoms with Crippen LogP contribution in [0.25, 0.3) is 0 Å². The van der Waals surface area contributed by atoms with Crippen LogP contribution in [-0.2, 0) is 0 Å². The van der Waals surface area contributed by atoms with Crippen LogP contribution in [0.1, 0.15) is 28.9 Å². The molecule has 0 bridgehead atoms. The Morgan fingerprint density at radius 2 is 1.65 bits per heavy atom. The van der Waals surface area contributed by atoms with Crippen LogP contribution in [-0.4, -0.2) is 6.29 Å². The highest BCUT2D eigenvalue weighted by Crippen LogP contribution is 2.23. The highest BCUT2D eigenvalue weighted by Gasteiger charge is 2.08. The first-order valence-corrected chi connectivity index (χ1v) is 5.57. The maximum atomic E-state index is 10.9. The van der Waals surface area contributed by atoms with E-state index in [0.717, 1.165) is 11.8 Å². The second-order valence-electron chi connectivity index (χ2n) is 3.83. The van der Waals surface area contributed by atoms with E-state index in [4.69, 9.17) is 4.74 Å². The van der Waals surface area contributed by atoms with Gasteiger partial charge < -0.3 is 4.74 Å². The van der Waals surface area contributed by atoms with Crippen LogP contribution in [0.5, 0.6) is 5.75 Å². The molecule has 0 N–H and O–H groups in total. The number of para-hydroxylation sites is 1. The molecular weight excluding hydrogens is 212 g/mol. The Morgan fingerprint density at radius 1 is 1.00 bits per heavy atom. The van der Waals surface area contributed by atoms with Gasteiger partial charge in [0.2, 0.25) is 0 Å². The van der Waals surface area contributed by atoms with E-state index in [2.05, 4.69) is 0 Å². The summed E-state index contributed by atoms with van der Waals surface area (Å²) >= 11 is 0. The number of carbonyl (C=O) groups excluding carboxylic acids is 1. The van der Waals surface area contributed by atoms with Crippen LogP contribution < -0.4 is 4.74 Å². The zero-order valence-corrected chi connectivity index (χ0v) is 9.67. The molecule has 0 amide bonds. The number of hydrogen-bond donors (Lipinski definition) is 0. The van der Waals surface area contributed by atoms with E-state index in [1.165, 1.54) is 0 Å². The number of rotatable bonds is 4. The fraction of sp³-hybridized carbons (Fsp3) is 0.133. The minimum atomic E-state index is -0.0719. The van der Waals surface area contributed by atoms with Crippen molar-refractivity contribution in [2.45, 2.75) is 13.0 Å². The number of ether oxygens (including phenoxy) is 1. The van der Waals surface area contributed by atoms with Gasteiger partial charge in [-0.05, 0) is 24.6 Å². The van der Waals surface area contributed by atoms with Crippen molar-refractivity contribution in [1.29, 1.82) is 0 Å². The molecule has 1 atom stereocenters. The Balaban J connectivity index is 2.18. The Kier molecular flexibility index (Phi) is 3.55. The van der Waals surface area contributed by atoms with Crippen molar-refractivity contribution >= 4 is 6.29 Å². The van der Waals surface area contributed by atoms with Gasteiger partial charge in [-0.2, -0.15) is 0 Å². The van der Waals surface area contributed by atoms with Crippen molar-refractivity contribution in [1.82, 2.24) is 0 Å². The molecule has 0 aromatic heterocycles. The van der Waals surface area contributed by atoms with Crippen molar-refractivity contribution in [2.75, 3.05) is 0 Å². The summed E-state index contributed by atoms with van der Waals surface area (Å²) in [5.41, 5.74) is 1.67. The van der Waals surface area contributed by atoms with Gasteiger partial charge in [0.1, 0.15) is 11.9 Å². The molecule has 0 heterocycles. The lowest BCUT2D eigenvalue weighted by Crippen LogP contribution is -2.04. The number of hydrogen-bond acceptors (Lipinski definition) is 2. The molecule has 0 radical (unpaired) electrons. The van der Waals surface area contributed by atoms with Crippen LogP contribution in [0.15, 0.2) is 54.6 Å². The first-order valence-electron chi connectivity index (χ1n) is 5.57. The van der Waals surface area contributed by atoms with Gasteiger partial charge in [-0.3, -0.25) is 4.79 Å². The molecular formula is C15H14O2. The predicted octanol–water partition coefficient (Wildman–Crippen LogP) is 3.64. The lowest BCUT2D eigenvalue weighted by Gasteiger charge is -2.16. The zero-order valence-electron chi connectivity index (χ0n) is 9.67. The van der Waals surface area contributed by atoms with Crippen LogP contribution >= 0.6 is 0 Å². The fourth-order valence-corrected chi connectivity index (χ4v) is 1.67. The molecule has 2 aromatic carbocycles. The molecule has 0 unspecified atom stereocenters. The van der Waals surface area contributed by atoms with E-state index in [1.54, 1.807) is 6.07 Å². The molecule has 0 aliphatic heterocycles. The van der Waals surface area contributed by atoms with E-state index in [9.17, 15) is 4.79 Å². The van der Waals surface area contributed by atoms with Gasteiger partial charge in [0.15, 0.2) is 6.29 Å². The Labute approximate surface area is 101 Å². The van der Waals surface area contributed by atoms with Gasteiger partial charge in [-0.25, -0.2) is 0 Å². The summed E-state index contributed by atoms with van der Waals surface area (Å²) in [5.74, 6) is 0.624. The largest absolute Gasteiger partial charge is 0.485 e. The highest BCUT2D eigenvalue weighted by molar-refractivity contribution is 5.79. The molecule has 0 aliphatic carbocycles. The normalized spacial score (nSPS) is 11.8. The molecule has 2 nitrogen and oxygen atoms in total. The van der Waals surface area contributed by atoms with Gasteiger partial charge in [-0.15, -0.1) is 0 Å². The minimum Gasteiger partial charge on any atom is -0.485 e. The Morgan fingerprint density at radius 3 is 2.35 bits per heavy atom. The standard InChI is InChI=1S/C15H14O2/c1-12(13-7-3-2-4-8-13)17-15-10-6-5-9-14(15)11-16/h2-12H,1H3/t12-/m0/s1. The predicted molar refractivity (Wildman–Crippen MR) is 67.3 cm³/mol. The first-order chi connectivity index (χ1) is 8.31. The van der Waals surface area contributed by atoms with E-state index in [-0.39, 0.29) is 6.10 Å². The third-order valence-electron chi connectivity index (χ3n) is 2.62. The molecule has 86 valence electrons. The maximum absolute atomic E-state index is 10.9. The molecule has 0 saturated heterocycles. The minimum absolute atomic E-state index is 0.0719. The summed E-state index contributed by atoms with van der Waals surface area (Å²) in [6.07, 6.45) is 0.741. The molecule has 0 fully saturated rings. The zero-order chi connectivity index (χ0) is 12.1. The van der Waals surface area contributed by atoms with E-state index in [1.807, 2.05) is 55.5 Å². The number of aldehydes is 1. The molecule has 17 heavy (non-hydrogen) atoms. The smallest absolute Gasteiger partial charge is 0.153 e. The molecule has 0 aliphatic rings. The fourth-order valence-electron chi connectivity index (χ4n) is 1.67. The number of benzene rings is 2. The lowest BCUT2D eigenvalue weighted by molar-refractivity contribution is 0.111. The summed E-state index contributed by atoms with van der Waals surface area (Å²) < 4.78 is 5.79. The topological polar surface area (TPSA) is 26.3 Å². The quantitative estimate of drug-likeness (QED) is 0.744. The average Bonchev–Trinajstić information content (AvgIpc) is 2.40. The molecule has 0 saturated carbocycles. The van der Waals surface area contributed by atoms with Crippen molar-refractivity contribution < 1.29 is 9.53 Å². The van der Waals surface area contributed by atoms with Crippen molar-refractivity contribution in [3.05, 3.63) is 65.7 Å². The number of carbonyl (C=O) groups is 1. The van der Waals surface area contributed by atoms with Gasteiger partial charge in [0, 0.05) is 0 Å². The van der Waals surface area contributed by atoms with E-state index in [0.29, 0.717) is 11.3 Å². The summed E-state index contributed by atoms with van der Waals surface area (Å²) in [4.78, 5) is 10.9. The van der Waals surface area contributed by atoms with Gasteiger partial charge in [0.25, 0.3) is 0 Å². The monoisotopic (exact) mass is 226 g/mol. The highest BCUT2D eigenvalue weighted by atomic mass is 16.5. The van der Waals surface area contributed by atoms with Crippen LogP contribution in [0.3, 0.4) is 0 Å². The van der Waals surface area contributed by atoms with Gasteiger partial charge in [0.05, 0.1) is 5.56 Å². The third-order valence-corrected chi connectivity index (χ3v) is 2.62. The van der Waals surface area contributed by atoms with E-state index >= 15 is 0 Å². The molecule has 2 aromatic rings. The SMILES string of the molecule is C[C@H](Oc1ccccc1C=O)c1ccccc1. The first kappa shape index (κ1) is 11.4. The summed E-state index contributed by atoms with van der Waals surface area (Å²) in [5, 5.41) is 0. The summed E-state index contributed by atoms with van der Waals surface area (Å²) in [7, 11) is 0. The third kappa shape index (κ3) is 2.72. The van der Waals surface area contributed by atoms with Crippen molar-refractivity contribution in [2.24, 2.45) is 0 Å². The maximum Gasteiger partial charge on any atom is 0.153 e. The Hall–Kier alpha value is -2.09. The van der Waals surface area contributed by atoms with Crippen molar-refractivity contribution in [3.63, 3.8) is 0 Å². The summed E-state index contributed by atoms with van der Waals surface area (Å²) in [6.45, 7) is 1.97. The van der Waals surface area contributed by atoms with Crippen LogP contribution in [0.4, 0.5) is 0 Å². The Bertz CT molecular complexity index is 491. The second-order valence-corrected chi connectivity index (χ2v) is 3.83. The molecule has 2 heteroatoms. The second kappa shape index (κ2) is 5.30. The van der Waals surface area contributed by atoms with Gasteiger partial charge >= 0.3 is 0 Å².